The van der Waals surface area contributed by atoms with E-state index < -0.39 is 0 Å². The summed E-state index contributed by atoms with van der Waals surface area (Å²) in [5.74, 6) is 0. The van der Waals surface area contributed by atoms with Gasteiger partial charge in [-0.1, -0.05) is 54.1 Å². The molecular weight excluding hydrogens is 322 g/mol. The van der Waals surface area contributed by atoms with Crippen molar-refractivity contribution in [3.63, 3.8) is 0 Å². The minimum absolute atomic E-state index is 0.163. The first-order valence-electron chi connectivity index (χ1n) is 8.03. The molecule has 0 aliphatic heterocycles. The van der Waals surface area contributed by atoms with Gasteiger partial charge in [0.15, 0.2) is 0 Å². The summed E-state index contributed by atoms with van der Waals surface area (Å²) >= 11 is 5.97. The number of aromatic nitrogens is 2. The highest BCUT2D eigenvalue weighted by Gasteiger charge is 2.15. The van der Waals surface area contributed by atoms with E-state index in [0.29, 0.717) is 6.54 Å². The standard InChI is InChI=1S/C19H20ClN3O/c20-18-8-6-16(7-9-18)19-17(12-21-22-19)14-23(10-11-24)13-15-4-2-1-3-5-15/h1-9,12,24H,10-11,13-14H2,(H,21,22)/p+1. The number of H-pyrrole nitrogens is 1. The molecule has 0 bridgehead atoms. The number of quaternary nitrogens is 1. The number of aliphatic hydroxyl groups excluding tert-OH is 1. The summed E-state index contributed by atoms with van der Waals surface area (Å²) in [6.07, 6.45) is 1.87. The lowest BCUT2D eigenvalue weighted by Crippen LogP contribution is -3.09. The van der Waals surface area contributed by atoms with Crippen LogP contribution in [0, 0.1) is 0 Å². The molecule has 24 heavy (non-hydrogen) atoms. The number of nitrogens with one attached hydrogen (secondary N) is 2. The number of hydrogen-bond acceptors (Lipinski definition) is 2. The third-order valence-electron chi connectivity index (χ3n) is 4.05. The van der Waals surface area contributed by atoms with Gasteiger partial charge >= 0.3 is 0 Å². The van der Waals surface area contributed by atoms with Crippen LogP contribution < -0.4 is 4.90 Å². The predicted molar refractivity (Wildman–Crippen MR) is 95.8 cm³/mol. The zero-order valence-electron chi connectivity index (χ0n) is 13.4. The molecule has 2 aromatic carbocycles. The molecule has 3 N–H and O–H groups in total. The van der Waals surface area contributed by atoms with E-state index in [4.69, 9.17) is 11.6 Å². The zero-order chi connectivity index (χ0) is 16.8. The van der Waals surface area contributed by atoms with Crippen LogP contribution in [0.15, 0.2) is 60.8 Å². The molecule has 5 heteroatoms. The van der Waals surface area contributed by atoms with Crippen molar-refractivity contribution in [3.8, 4) is 11.3 Å². The molecule has 0 fully saturated rings. The Kier molecular flexibility index (Phi) is 5.64. The third-order valence-corrected chi connectivity index (χ3v) is 4.31. The molecule has 0 aliphatic carbocycles. The number of hydrogen-bond donors (Lipinski definition) is 3. The predicted octanol–water partition coefficient (Wildman–Crippen LogP) is 2.31. The lowest BCUT2D eigenvalue weighted by Gasteiger charge is -2.18. The maximum Gasteiger partial charge on any atom is 0.107 e. The number of nitrogens with zero attached hydrogens (tertiary/aromatic N) is 1. The molecule has 0 radical (unpaired) electrons. The monoisotopic (exact) mass is 342 g/mol. The lowest BCUT2D eigenvalue weighted by atomic mass is 10.1. The highest BCUT2D eigenvalue weighted by atomic mass is 35.5. The minimum atomic E-state index is 0.163. The highest BCUT2D eigenvalue weighted by Crippen LogP contribution is 2.22. The van der Waals surface area contributed by atoms with Crippen LogP contribution in [0.2, 0.25) is 5.02 Å². The Morgan fingerprint density at radius 1 is 1.00 bits per heavy atom. The third kappa shape index (κ3) is 4.23. The molecule has 1 heterocycles. The summed E-state index contributed by atoms with van der Waals surface area (Å²) in [4.78, 5) is 1.29. The van der Waals surface area contributed by atoms with Gasteiger partial charge in [-0.15, -0.1) is 0 Å². The van der Waals surface area contributed by atoms with Crippen LogP contribution in [-0.2, 0) is 13.1 Å². The molecule has 1 atom stereocenters. The van der Waals surface area contributed by atoms with Crippen molar-refractivity contribution in [2.75, 3.05) is 13.2 Å². The smallest absolute Gasteiger partial charge is 0.107 e. The van der Waals surface area contributed by atoms with Gasteiger partial charge in [0, 0.05) is 16.1 Å². The molecule has 1 unspecified atom stereocenters. The first kappa shape index (κ1) is 16.7. The van der Waals surface area contributed by atoms with Crippen molar-refractivity contribution < 1.29 is 10.0 Å². The second kappa shape index (κ2) is 8.11. The minimum Gasteiger partial charge on any atom is -0.391 e. The summed E-state index contributed by atoms with van der Waals surface area (Å²) in [5.41, 5.74) is 4.47. The number of halogens is 1. The van der Waals surface area contributed by atoms with E-state index in [1.165, 1.54) is 10.5 Å². The van der Waals surface area contributed by atoms with Gasteiger partial charge in [0.25, 0.3) is 0 Å². The molecular formula is C19H21ClN3O+. The van der Waals surface area contributed by atoms with Crippen molar-refractivity contribution >= 4 is 11.6 Å². The second-order valence-corrected chi connectivity index (χ2v) is 6.28. The van der Waals surface area contributed by atoms with E-state index >= 15 is 0 Å². The van der Waals surface area contributed by atoms with Crippen molar-refractivity contribution in [1.82, 2.24) is 10.2 Å². The van der Waals surface area contributed by atoms with Gasteiger partial charge in [0.05, 0.1) is 24.1 Å². The Morgan fingerprint density at radius 3 is 2.46 bits per heavy atom. The topological polar surface area (TPSA) is 53.4 Å². The summed E-state index contributed by atoms with van der Waals surface area (Å²) in [6.45, 7) is 2.52. The first-order chi connectivity index (χ1) is 11.8. The van der Waals surface area contributed by atoms with Gasteiger partial charge < -0.3 is 10.0 Å². The van der Waals surface area contributed by atoms with E-state index in [1.54, 1.807) is 0 Å². The van der Waals surface area contributed by atoms with Crippen LogP contribution in [-0.4, -0.2) is 28.5 Å². The molecule has 1 aromatic heterocycles. The number of rotatable bonds is 7. The first-order valence-corrected chi connectivity index (χ1v) is 8.40. The van der Waals surface area contributed by atoms with Crippen LogP contribution in [0.25, 0.3) is 11.3 Å². The fourth-order valence-electron chi connectivity index (χ4n) is 2.86. The van der Waals surface area contributed by atoms with Gasteiger partial charge in [-0.2, -0.15) is 5.10 Å². The fraction of sp³-hybridized carbons (Fsp3) is 0.211. The van der Waals surface area contributed by atoms with Crippen molar-refractivity contribution in [1.29, 1.82) is 0 Å². The lowest BCUT2D eigenvalue weighted by molar-refractivity contribution is -0.927. The second-order valence-electron chi connectivity index (χ2n) is 5.84. The Hall–Kier alpha value is -2.14. The molecule has 124 valence electrons. The largest absolute Gasteiger partial charge is 0.391 e. The highest BCUT2D eigenvalue weighted by molar-refractivity contribution is 6.30. The Balaban J connectivity index is 1.78. The van der Waals surface area contributed by atoms with Crippen LogP contribution in [0.1, 0.15) is 11.1 Å². The summed E-state index contributed by atoms with van der Waals surface area (Å²) in [5, 5.41) is 17.4. The molecule has 3 rings (SSSR count). The SMILES string of the molecule is OCC[NH+](Cc1ccccc1)Cc1cn[nH]c1-c1ccc(Cl)cc1. The van der Waals surface area contributed by atoms with E-state index in [0.717, 1.165) is 34.9 Å². The molecule has 0 amide bonds. The Bertz CT molecular complexity index is 756. The maximum absolute atomic E-state index is 9.40. The van der Waals surface area contributed by atoms with Crippen molar-refractivity contribution in [2.24, 2.45) is 0 Å². The Labute approximate surface area is 146 Å². The molecule has 0 spiro atoms. The molecule has 0 saturated carbocycles. The average Bonchev–Trinajstić information content (AvgIpc) is 3.05. The normalized spacial score (nSPS) is 12.2. The van der Waals surface area contributed by atoms with Crippen molar-refractivity contribution in [2.45, 2.75) is 13.1 Å². The van der Waals surface area contributed by atoms with E-state index in [2.05, 4.69) is 22.3 Å². The summed E-state index contributed by atoms with van der Waals surface area (Å²) in [6, 6.07) is 18.1. The number of aromatic amines is 1. The maximum atomic E-state index is 9.40. The summed E-state index contributed by atoms with van der Waals surface area (Å²) < 4.78 is 0. The molecule has 0 saturated heterocycles. The molecule has 0 aliphatic rings. The average molecular weight is 343 g/mol. The fourth-order valence-corrected chi connectivity index (χ4v) is 2.99. The Morgan fingerprint density at radius 2 is 1.75 bits per heavy atom. The van der Waals surface area contributed by atoms with Gasteiger partial charge in [-0.25, -0.2) is 0 Å². The van der Waals surface area contributed by atoms with Crippen LogP contribution >= 0.6 is 11.6 Å². The van der Waals surface area contributed by atoms with Gasteiger partial charge in [0.2, 0.25) is 0 Å². The number of aliphatic hydroxyl groups is 1. The van der Waals surface area contributed by atoms with E-state index in [9.17, 15) is 5.11 Å². The number of benzene rings is 2. The molecule has 3 aromatic rings. The van der Waals surface area contributed by atoms with Gasteiger partial charge in [-0.3, -0.25) is 5.10 Å². The van der Waals surface area contributed by atoms with Crippen LogP contribution in [0.4, 0.5) is 0 Å². The quantitative estimate of drug-likeness (QED) is 0.617. The van der Waals surface area contributed by atoms with E-state index in [1.807, 2.05) is 48.7 Å². The van der Waals surface area contributed by atoms with Crippen LogP contribution in [0.5, 0.6) is 0 Å². The van der Waals surface area contributed by atoms with Crippen molar-refractivity contribution in [3.05, 3.63) is 76.9 Å². The van der Waals surface area contributed by atoms with Crippen LogP contribution in [0.3, 0.4) is 0 Å². The summed E-state index contributed by atoms with van der Waals surface area (Å²) in [7, 11) is 0. The van der Waals surface area contributed by atoms with Gasteiger partial charge in [-0.05, 0) is 12.1 Å². The van der Waals surface area contributed by atoms with Gasteiger partial charge in [0.1, 0.15) is 19.6 Å². The molecule has 4 nitrogen and oxygen atoms in total. The van der Waals surface area contributed by atoms with E-state index in [-0.39, 0.29) is 6.61 Å². The zero-order valence-corrected chi connectivity index (χ0v) is 14.1.